The van der Waals surface area contributed by atoms with Crippen LogP contribution in [0.3, 0.4) is 0 Å². The van der Waals surface area contributed by atoms with Crippen LogP contribution < -0.4 is 9.47 Å². The largest absolute Gasteiger partial charge is 0.493 e. The van der Waals surface area contributed by atoms with Gasteiger partial charge in [-0.15, -0.1) is 0 Å². The van der Waals surface area contributed by atoms with Crippen molar-refractivity contribution in [3.05, 3.63) is 58.7 Å². The highest BCUT2D eigenvalue weighted by molar-refractivity contribution is 6.32. The second-order valence-electron chi connectivity index (χ2n) is 7.30. The third-order valence-corrected chi connectivity index (χ3v) is 5.35. The summed E-state index contributed by atoms with van der Waals surface area (Å²) in [5.41, 5.74) is 0.678. The Morgan fingerprint density at radius 1 is 1.03 bits per heavy atom. The average Bonchev–Trinajstić information content (AvgIpc) is 3.30. The van der Waals surface area contributed by atoms with Crippen LogP contribution in [0.2, 0.25) is 5.02 Å². The predicted octanol–water partition coefficient (Wildman–Crippen LogP) is 4.10. The molecule has 190 valence electrons. The van der Waals surface area contributed by atoms with Gasteiger partial charge >= 0.3 is 17.9 Å². The van der Waals surface area contributed by atoms with Crippen LogP contribution in [0.25, 0.3) is 16.9 Å². The summed E-state index contributed by atoms with van der Waals surface area (Å²) in [7, 11) is 3.78. The van der Waals surface area contributed by atoms with Gasteiger partial charge in [0.25, 0.3) is 0 Å². The summed E-state index contributed by atoms with van der Waals surface area (Å²) < 4.78 is 27.3. The first-order valence-electron chi connectivity index (χ1n) is 10.8. The number of aromatic nitrogens is 2. The number of esters is 3. The molecule has 36 heavy (non-hydrogen) atoms. The van der Waals surface area contributed by atoms with Gasteiger partial charge in [0, 0.05) is 5.56 Å². The van der Waals surface area contributed by atoms with E-state index in [9.17, 15) is 14.4 Å². The molecule has 10 nitrogen and oxygen atoms in total. The number of carbonyl (C=O) groups is 3. The predicted molar refractivity (Wildman–Crippen MR) is 130 cm³/mol. The van der Waals surface area contributed by atoms with E-state index in [0.29, 0.717) is 11.3 Å². The molecule has 0 spiro atoms. The van der Waals surface area contributed by atoms with Crippen molar-refractivity contribution >= 4 is 29.5 Å². The molecule has 0 aliphatic rings. The van der Waals surface area contributed by atoms with E-state index in [-0.39, 0.29) is 40.1 Å². The number of ether oxygens (including phenoxy) is 5. The van der Waals surface area contributed by atoms with Crippen molar-refractivity contribution in [1.29, 1.82) is 0 Å². The number of para-hydroxylation sites is 1. The maximum absolute atomic E-state index is 12.9. The number of benzene rings is 2. The van der Waals surface area contributed by atoms with Crippen molar-refractivity contribution in [2.24, 2.45) is 0 Å². The van der Waals surface area contributed by atoms with Gasteiger partial charge in [-0.25, -0.2) is 19.1 Å². The van der Waals surface area contributed by atoms with Gasteiger partial charge in [0.05, 0.1) is 38.6 Å². The molecule has 0 saturated carbocycles. The lowest BCUT2D eigenvalue weighted by atomic mass is 10.0. The Bertz CT molecular complexity index is 1270. The summed E-state index contributed by atoms with van der Waals surface area (Å²) in [6, 6.07) is 11.7. The smallest absolute Gasteiger partial charge is 0.357 e. The number of methoxy groups -OCH3 is 3. The minimum absolute atomic E-state index is 0.0743. The SMILES string of the molecule is CCOC(=O)C(C)Oc1c(Cl)cc(-c2nn(-c3ccccc3)c(C(=O)OC)c2C(=O)OC)cc1OC. The third kappa shape index (κ3) is 5.28. The molecular formula is C25H25ClN2O8. The number of hydrogen-bond acceptors (Lipinski definition) is 9. The van der Waals surface area contributed by atoms with E-state index in [1.54, 1.807) is 37.3 Å². The third-order valence-electron chi connectivity index (χ3n) is 5.07. The Morgan fingerprint density at radius 3 is 2.28 bits per heavy atom. The number of hydrogen-bond donors (Lipinski definition) is 0. The topological polar surface area (TPSA) is 115 Å². The van der Waals surface area contributed by atoms with Crippen molar-refractivity contribution in [2.75, 3.05) is 27.9 Å². The first-order chi connectivity index (χ1) is 17.3. The van der Waals surface area contributed by atoms with E-state index >= 15 is 0 Å². The molecule has 3 rings (SSSR count). The van der Waals surface area contributed by atoms with Crippen molar-refractivity contribution in [1.82, 2.24) is 9.78 Å². The Hall–Kier alpha value is -4.05. The number of halogens is 1. The van der Waals surface area contributed by atoms with Gasteiger partial charge in [-0.05, 0) is 38.1 Å². The highest BCUT2D eigenvalue weighted by atomic mass is 35.5. The molecule has 0 amide bonds. The molecule has 0 aliphatic heterocycles. The molecule has 0 aliphatic carbocycles. The first kappa shape index (κ1) is 26.6. The van der Waals surface area contributed by atoms with E-state index in [1.165, 1.54) is 45.1 Å². The van der Waals surface area contributed by atoms with Gasteiger partial charge in [-0.3, -0.25) is 0 Å². The zero-order chi connectivity index (χ0) is 26.4. The molecule has 0 fully saturated rings. The molecular weight excluding hydrogens is 492 g/mol. The van der Waals surface area contributed by atoms with Gasteiger partial charge in [-0.2, -0.15) is 5.10 Å². The summed E-state index contributed by atoms with van der Waals surface area (Å²) in [6.45, 7) is 3.39. The van der Waals surface area contributed by atoms with Crippen LogP contribution in [-0.4, -0.2) is 61.7 Å². The fourth-order valence-corrected chi connectivity index (χ4v) is 3.67. The number of carbonyl (C=O) groups excluding carboxylic acids is 3. The van der Waals surface area contributed by atoms with Crippen LogP contribution in [0, 0.1) is 0 Å². The monoisotopic (exact) mass is 516 g/mol. The second kappa shape index (κ2) is 11.6. The van der Waals surface area contributed by atoms with Crippen molar-refractivity contribution in [3.63, 3.8) is 0 Å². The molecule has 1 aromatic heterocycles. The summed E-state index contributed by atoms with van der Waals surface area (Å²) >= 11 is 6.51. The van der Waals surface area contributed by atoms with Crippen LogP contribution in [0.5, 0.6) is 11.5 Å². The Kier molecular flexibility index (Phi) is 8.55. The fourth-order valence-electron chi connectivity index (χ4n) is 3.41. The minimum atomic E-state index is -0.962. The zero-order valence-corrected chi connectivity index (χ0v) is 21.1. The lowest BCUT2D eigenvalue weighted by Gasteiger charge is -2.17. The Morgan fingerprint density at radius 2 is 1.69 bits per heavy atom. The van der Waals surface area contributed by atoms with Crippen LogP contribution in [0.1, 0.15) is 34.7 Å². The molecule has 11 heteroatoms. The molecule has 0 N–H and O–H groups in total. The van der Waals surface area contributed by atoms with E-state index in [1.807, 2.05) is 0 Å². The number of nitrogens with zero attached hydrogens (tertiary/aromatic N) is 2. The van der Waals surface area contributed by atoms with E-state index < -0.39 is 24.0 Å². The fraction of sp³-hybridized carbons (Fsp3) is 0.280. The van der Waals surface area contributed by atoms with Crippen molar-refractivity contribution < 1.29 is 38.1 Å². The van der Waals surface area contributed by atoms with Gasteiger partial charge in [-0.1, -0.05) is 29.8 Å². The lowest BCUT2D eigenvalue weighted by molar-refractivity contribution is -0.150. The summed E-state index contributed by atoms with van der Waals surface area (Å²) in [6.07, 6.45) is -0.962. The van der Waals surface area contributed by atoms with Crippen LogP contribution in [-0.2, 0) is 19.0 Å². The quantitative estimate of drug-likeness (QED) is 0.306. The lowest BCUT2D eigenvalue weighted by Crippen LogP contribution is -2.26. The van der Waals surface area contributed by atoms with Crippen molar-refractivity contribution in [2.45, 2.75) is 20.0 Å². The standard InChI is InChI=1S/C25H25ClN2O8/c1-6-35-23(29)14(2)36-22-17(26)12-15(13-18(22)32-3)20-19(24(30)33-4)21(25(31)34-5)28(27-20)16-10-8-7-9-11-16/h7-14H,6H2,1-5H3. The van der Waals surface area contributed by atoms with Crippen molar-refractivity contribution in [3.8, 4) is 28.4 Å². The summed E-state index contributed by atoms with van der Waals surface area (Å²) in [5.74, 6) is -1.91. The minimum Gasteiger partial charge on any atom is -0.493 e. The van der Waals surface area contributed by atoms with Crippen LogP contribution >= 0.6 is 11.6 Å². The van der Waals surface area contributed by atoms with Gasteiger partial charge < -0.3 is 23.7 Å². The highest BCUT2D eigenvalue weighted by Gasteiger charge is 2.32. The van der Waals surface area contributed by atoms with E-state index in [0.717, 1.165) is 0 Å². The molecule has 0 saturated heterocycles. The second-order valence-corrected chi connectivity index (χ2v) is 7.71. The Labute approximate surface area is 212 Å². The Balaban J connectivity index is 2.23. The molecule has 1 unspecified atom stereocenters. The van der Waals surface area contributed by atoms with Gasteiger partial charge in [0.1, 0.15) is 11.3 Å². The molecule has 0 bridgehead atoms. The summed E-state index contributed by atoms with van der Waals surface area (Å²) in [4.78, 5) is 37.7. The normalized spacial score (nSPS) is 11.4. The van der Waals surface area contributed by atoms with E-state index in [2.05, 4.69) is 5.10 Å². The molecule has 0 radical (unpaired) electrons. The maximum atomic E-state index is 12.9. The average molecular weight is 517 g/mol. The van der Waals surface area contributed by atoms with Crippen LogP contribution in [0.4, 0.5) is 0 Å². The van der Waals surface area contributed by atoms with Crippen LogP contribution in [0.15, 0.2) is 42.5 Å². The number of rotatable bonds is 9. The van der Waals surface area contributed by atoms with Gasteiger partial charge in [0.15, 0.2) is 23.3 Å². The molecule has 3 aromatic rings. The molecule has 1 heterocycles. The molecule has 1 atom stereocenters. The zero-order valence-electron chi connectivity index (χ0n) is 20.4. The van der Waals surface area contributed by atoms with E-state index in [4.69, 9.17) is 35.3 Å². The molecule has 2 aromatic carbocycles. The van der Waals surface area contributed by atoms with Gasteiger partial charge in [0.2, 0.25) is 0 Å². The maximum Gasteiger partial charge on any atom is 0.357 e. The first-order valence-corrected chi connectivity index (χ1v) is 11.2. The summed E-state index contributed by atoms with van der Waals surface area (Å²) in [5, 5.41) is 4.61. The highest BCUT2D eigenvalue weighted by Crippen LogP contribution is 2.41.